The van der Waals surface area contributed by atoms with Crippen LogP contribution in [0.3, 0.4) is 0 Å². The first-order chi connectivity index (χ1) is 10.6. The first-order valence-electron chi connectivity index (χ1n) is 6.25. The molecule has 1 aromatic heterocycles. The zero-order chi connectivity index (χ0) is 15.5. The van der Waals surface area contributed by atoms with Gasteiger partial charge in [0.15, 0.2) is 5.11 Å². The number of benzene rings is 2. The molecule has 0 bridgehead atoms. The zero-order valence-electron chi connectivity index (χ0n) is 11.1. The van der Waals surface area contributed by atoms with Crippen molar-refractivity contribution in [3.05, 3.63) is 53.3 Å². The lowest BCUT2D eigenvalue weighted by Crippen LogP contribution is -2.33. The fourth-order valence-electron chi connectivity index (χ4n) is 1.76. The number of nitrogens with zero attached hydrogens (tertiary/aromatic N) is 1. The molecule has 112 valence electrons. The van der Waals surface area contributed by atoms with Crippen molar-refractivity contribution in [2.45, 2.75) is 0 Å². The van der Waals surface area contributed by atoms with Crippen molar-refractivity contribution in [2.24, 2.45) is 0 Å². The second-order valence-corrected chi connectivity index (χ2v) is 6.22. The monoisotopic (exact) mass is 352 g/mol. The molecule has 0 aliphatic heterocycles. The Morgan fingerprint density at radius 3 is 2.73 bits per heavy atom. The van der Waals surface area contributed by atoms with E-state index in [2.05, 4.69) is 21.2 Å². The van der Waals surface area contributed by atoms with Gasteiger partial charge in [-0.2, -0.15) is 0 Å². The minimum Gasteiger partial charge on any atom is -0.331 e. The molecule has 0 spiro atoms. The highest BCUT2D eigenvalue weighted by Gasteiger charge is 2.04. The Morgan fingerprint density at radius 2 is 1.95 bits per heavy atom. The molecular weight excluding hydrogens is 343 g/mol. The molecule has 0 radical (unpaired) electrons. The van der Waals surface area contributed by atoms with Gasteiger partial charge in [0.1, 0.15) is 5.82 Å². The van der Waals surface area contributed by atoms with Crippen molar-refractivity contribution in [3.63, 3.8) is 0 Å². The smallest absolute Gasteiger partial charge is 0.202 e. The number of rotatable bonds is 3. The summed E-state index contributed by atoms with van der Waals surface area (Å²) in [5.74, 6) is -0.296. The van der Waals surface area contributed by atoms with Gasteiger partial charge in [0.05, 0.1) is 10.2 Å². The van der Waals surface area contributed by atoms with Crippen LogP contribution in [0.5, 0.6) is 0 Å². The van der Waals surface area contributed by atoms with Crippen molar-refractivity contribution >= 4 is 61.3 Å². The highest BCUT2D eigenvalue weighted by molar-refractivity contribution is 7.80. The molecule has 3 rings (SSSR count). The molecule has 8 heteroatoms. The lowest BCUT2D eigenvalue weighted by Gasteiger charge is -2.10. The molecule has 0 aliphatic rings. The topological polar surface area (TPSA) is 49.0 Å². The summed E-state index contributed by atoms with van der Waals surface area (Å²) in [6.07, 6.45) is 0. The molecule has 3 N–H and O–H groups in total. The van der Waals surface area contributed by atoms with E-state index >= 15 is 0 Å². The summed E-state index contributed by atoms with van der Waals surface area (Å²) >= 11 is 12.5. The van der Waals surface area contributed by atoms with E-state index in [1.807, 2.05) is 12.1 Å². The maximum absolute atomic E-state index is 12.8. The average molecular weight is 353 g/mol. The number of hydrogen-bond acceptors (Lipinski definition) is 4. The largest absolute Gasteiger partial charge is 0.331 e. The molecule has 2 aromatic carbocycles. The average Bonchev–Trinajstić information content (AvgIpc) is 2.89. The summed E-state index contributed by atoms with van der Waals surface area (Å²) < 4.78 is 13.8. The quantitative estimate of drug-likeness (QED) is 0.481. The zero-order valence-corrected chi connectivity index (χ0v) is 13.5. The van der Waals surface area contributed by atoms with Gasteiger partial charge < -0.3 is 5.32 Å². The summed E-state index contributed by atoms with van der Waals surface area (Å²) in [7, 11) is 0. The Labute approximate surface area is 140 Å². The molecule has 22 heavy (non-hydrogen) atoms. The van der Waals surface area contributed by atoms with E-state index in [0.29, 0.717) is 21.0 Å². The van der Waals surface area contributed by atoms with Gasteiger partial charge in [-0.15, -0.1) is 0 Å². The van der Waals surface area contributed by atoms with Gasteiger partial charge in [0, 0.05) is 10.7 Å². The number of anilines is 2. The summed E-state index contributed by atoms with van der Waals surface area (Å²) in [4.78, 5) is 4.39. The van der Waals surface area contributed by atoms with Crippen LogP contribution in [-0.4, -0.2) is 10.1 Å². The van der Waals surface area contributed by atoms with Crippen LogP contribution in [0.4, 0.5) is 15.2 Å². The summed E-state index contributed by atoms with van der Waals surface area (Å²) in [5.41, 5.74) is 7.30. The van der Waals surface area contributed by atoms with E-state index in [-0.39, 0.29) is 5.82 Å². The van der Waals surface area contributed by atoms with Gasteiger partial charge in [-0.05, 0) is 54.7 Å². The van der Waals surface area contributed by atoms with Gasteiger partial charge in [0.25, 0.3) is 0 Å². The van der Waals surface area contributed by atoms with Crippen LogP contribution in [-0.2, 0) is 0 Å². The lowest BCUT2D eigenvalue weighted by molar-refractivity contribution is 0.628. The predicted octanol–water partition coefficient (Wildman–Crippen LogP) is 4.40. The van der Waals surface area contributed by atoms with Crippen LogP contribution >= 0.6 is 35.2 Å². The molecule has 0 saturated heterocycles. The molecule has 4 nitrogen and oxygen atoms in total. The maximum atomic E-state index is 12.8. The third-order valence-electron chi connectivity index (χ3n) is 2.74. The van der Waals surface area contributed by atoms with Crippen LogP contribution in [0, 0.1) is 5.82 Å². The van der Waals surface area contributed by atoms with E-state index in [0.717, 1.165) is 10.2 Å². The van der Waals surface area contributed by atoms with Crippen molar-refractivity contribution in [1.29, 1.82) is 0 Å². The van der Waals surface area contributed by atoms with E-state index in [1.54, 1.807) is 18.2 Å². The summed E-state index contributed by atoms with van der Waals surface area (Å²) in [6.45, 7) is 0. The van der Waals surface area contributed by atoms with Crippen molar-refractivity contribution in [3.8, 4) is 0 Å². The van der Waals surface area contributed by atoms with Crippen LogP contribution in [0.1, 0.15) is 0 Å². The normalized spacial score (nSPS) is 10.5. The number of hydrazine groups is 1. The third kappa shape index (κ3) is 3.62. The molecule has 3 aromatic rings. The Morgan fingerprint density at radius 1 is 1.18 bits per heavy atom. The second-order valence-electron chi connectivity index (χ2n) is 4.34. The molecule has 0 fully saturated rings. The molecule has 0 atom stereocenters. The van der Waals surface area contributed by atoms with E-state index in [9.17, 15) is 4.39 Å². The molecule has 0 aliphatic carbocycles. The Balaban J connectivity index is 1.61. The number of aromatic nitrogens is 1. The fourth-order valence-corrected chi connectivity index (χ4v) is 3.02. The summed E-state index contributed by atoms with van der Waals surface area (Å²) in [6, 6.07) is 11.4. The first-order valence-corrected chi connectivity index (χ1v) is 7.85. The minimum atomic E-state index is -0.296. The molecule has 0 amide bonds. The van der Waals surface area contributed by atoms with Crippen LogP contribution < -0.4 is 16.2 Å². The van der Waals surface area contributed by atoms with Gasteiger partial charge >= 0.3 is 0 Å². The Kier molecular flexibility index (Phi) is 4.37. The van der Waals surface area contributed by atoms with Gasteiger partial charge in [-0.1, -0.05) is 22.9 Å². The number of nitrogens with one attached hydrogen (secondary N) is 3. The lowest BCUT2D eigenvalue weighted by atomic mass is 10.3. The van der Waals surface area contributed by atoms with E-state index < -0.39 is 0 Å². The van der Waals surface area contributed by atoms with Crippen molar-refractivity contribution in [1.82, 2.24) is 10.4 Å². The third-order valence-corrected chi connectivity index (χ3v) is 4.11. The van der Waals surface area contributed by atoms with E-state index in [4.69, 9.17) is 23.8 Å². The number of hydrogen-bond donors (Lipinski definition) is 3. The number of thiazole rings is 1. The molecular formula is C14H10ClFN4S2. The molecule has 1 heterocycles. The maximum Gasteiger partial charge on any atom is 0.202 e. The number of fused-ring (bicyclic) bond motifs is 1. The Bertz CT molecular complexity index is 819. The molecule has 0 unspecified atom stereocenters. The molecule has 0 saturated carbocycles. The Hall–Kier alpha value is -1.96. The van der Waals surface area contributed by atoms with Crippen molar-refractivity contribution < 1.29 is 4.39 Å². The predicted molar refractivity (Wildman–Crippen MR) is 94.0 cm³/mol. The number of thiocarbonyl (C=S) groups is 1. The first kappa shape index (κ1) is 15.0. The van der Waals surface area contributed by atoms with E-state index in [1.165, 1.54) is 23.5 Å². The minimum absolute atomic E-state index is 0.296. The fraction of sp³-hybridized carbons (Fsp3) is 0. The van der Waals surface area contributed by atoms with Crippen LogP contribution in [0.15, 0.2) is 42.5 Å². The van der Waals surface area contributed by atoms with Crippen LogP contribution in [0.25, 0.3) is 10.2 Å². The standard InChI is InChI=1S/C14H10ClFN4S2/c15-8-1-6-11-12(7-8)22-14(18-11)20-19-13(21)17-10-4-2-9(16)3-5-10/h1-7H,(H,18,20)(H2,17,19,21). The van der Waals surface area contributed by atoms with Crippen molar-refractivity contribution in [2.75, 3.05) is 10.7 Å². The van der Waals surface area contributed by atoms with Gasteiger partial charge in [0.2, 0.25) is 5.13 Å². The highest BCUT2D eigenvalue weighted by Crippen LogP contribution is 2.27. The van der Waals surface area contributed by atoms with Gasteiger partial charge in [-0.3, -0.25) is 10.9 Å². The SMILES string of the molecule is Fc1ccc(NC(=S)NNc2nc3ccc(Cl)cc3s2)cc1. The van der Waals surface area contributed by atoms with Crippen LogP contribution in [0.2, 0.25) is 5.02 Å². The summed E-state index contributed by atoms with van der Waals surface area (Å²) in [5, 5.41) is 4.62. The highest BCUT2D eigenvalue weighted by atomic mass is 35.5. The number of halogens is 2. The second kappa shape index (κ2) is 6.43. The van der Waals surface area contributed by atoms with Gasteiger partial charge in [-0.25, -0.2) is 9.37 Å².